The molecular formula is C16H9ClF3N3O3. The van der Waals surface area contributed by atoms with Gasteiger partial charge in [0.2, 0.25) is 0 Å². The Morgan fingerprint density at radius 2 is 1.85 bits per heavy atom. The number of ether oxygens (including phenoxy) is 1. The van der Waals surface area contributed by atoms with Crippen LogP contribution in [0, 0.1) is 0 Å². The van der Waals surface area contributed by atoms with E-state index in [1.165, 1.54) is 12.1 Å². The molecule has 0 fully saturated rings. The second kappa shape index (κ2) is 6.68. The molecule has 0 saturated heterocycles. The van der Waals surface area contributed by atoms with Gasteiger partial charge in [-0.05, 0) is 17.7 Å². The monoisotopic (exact) mass is 383 g/mol. The quantitative estimate of drug-likeness (QED) is 0.731. The number of benzene rings is 2. The van der Waals surface area contributed by atoms with Crippen LogP contribution in [0.5, 0.6) is 5.75 Å². The van der Waals surface area contributed by atoms with Crippen molar-refractivity contribution in [2.24, 2.45) is 0 Å². The second-order valence-electron chi connectivity index (χ2n) is 5.03. The minimum Gasteiger partial charge on any atom is -0.476 e. The SMILES string of the molecule is O=C(O)c1cnnn1-c1ccc(-c2ccccc2)c(OC(F)(F)F)c1Cl. The number of carboxylic acids is 1. The average molecular weight is 384 g/mol. The van der Waals surface area contributed by atoms with E-state index in [9.17, 15) is 18.0 Å². The molecule has 0 atom stereocenters. The van der Waals surface area contributed by atoms with E-state index >= 15 is 0 Å². The molecule has 0 saturated carbocycles. The highest BCUT2D eigenvalue weighted by Crippen LogP contribution is 2.42. The normalized spacial score (nSPS) is 11.4. The number of hydrogen-bond donors (Lipinski definition) is 1. The summed E-state index contributed by atoms with van der Waals surface area (Å²) in [7, 11) is 0. The van der Waals surface area contributed by atoms with Crippen LogP contribution in [0.3, 0.4) is 0 Å². The highest BCUT2D eigenvalue weighted by molar-refractivity contribution is 6.34. The van der Waals surface area contributed by atoms with Crippen LogP contribution in [0.2, 0.25) is 5.02 Å². The lowest BCUT2D eigenvalue weighted by molar-refractivity contribution is -0.274. The molecule has 2 aromatic carbocycles. The lowest BCUT2D eigenvalue weighted by atomic mass is 10.0. The third kappa shape index (κ3) is 3.47. The molecule has 0 radical (unpaired) electrons. The molecule has 0 bridgehead atoms. The topological polar surface area (TPSA) is 77.2 Å². The summed E-state index contributed by atoms with van der Waals surface area (Å²) in [5.41, 5.74) is 0.0590. The number of rotatable bonds is 4. The molecule has 1 N–H and O–H groups in total. The lowest BCUT2D eigenvalue weighted by Crippen LogP contribution is -2.18. The Morgan fingerprint density at radius 3 is 2.46 bits per heavy atom. The molecule has 0 aliphatic rings. The van der Waals surface area contributed by atoms with E-state index in [-0.39, 0.29) is 16.9 Å². The molecule has 26 heavy (non-hydrogen) atoms. The molecule has 0 amide bonds. The number of carbonyl (C=O) groups is 1. The zero-order chi connectivity index (χ0) is 18.9. The van der Waals surface area contributed by atoms with Gasteiger partial charge in [-0.3, -0.25) is 0 Å². The van der Waals surface area contributed by atoms with Crippen LogP contribution in [0.1, 0.15) is 10.5 Å². The van der Waals surface area contributed by atoms with Crippen LogP contribution in [0.25, 0.3) is 16.8 Å². The fourth-order valence-electron chi connectivity index (χ4n) is 2.33. The number of nitrogens with zero attached hydrogens (tertiary/aromatic N) is 3. The van der Waals surface area contributed by atoms with Crippen molar-refractivity contribution in [3.63, 3.8) is 0 Å². The first-order valence-electron chi connectivity index (χ1n) is 7.06. The van der Waals surface area contributed by atoms with E-state index in [2.05, 4.69) is 15.0 Å². The molecule has 10 heteroatoms. The van der Waals surface area contributed by atoms with Crippen molar-refractivity contribution in [1.29, 1.82) is 0 Å². The van der Waals surface area contributed by atoms with Crippen LogP contribution in [0.4, 0.5) is 13.2 Å². The van der Waals surface area contributed by atoms with Gasteiger partial charge in [-0.1, -0.05) is 47.1 Å². The highest BCUT2D eigenvalue weighted by atomic mass is 35.5. The van der Waals surface area contributed by atoms with Gasteiger partial charge >= 0.3 is 12.3 Å². The van der Waals surface area contributed by atoms with Gasteiger partial charge in [-0.2, -0.15) is 0 Å². The Balaban J connectivity index is 2.22. The number of aromatic nitrogens is 3. The van der Waals surface area contributed by atoms with Gasteiger partial charge in [0.1, 0.15) is 5.02 Å². The van der Waals surface area contributed by atoms with Gasteiger partial charge in [0.05, 0.1) is 11.9 Å². The first kappa shape index (κ1) is 17.7. The fraction of sp³-hybridized carbons (Fsp3) is 0.0625. The first-order valence-corrected chi connectivity index (χ1v) is 7.44. The van der Waals surface area contributed by atoms with Crippen LogP contribution in [0.15, 0.2) is 48.7 Å². The van der Waals surface area contributed by atoms with Gasteiger partial charge in [-0.15, -0.1) is 18.3 Å². The smallest absolute Gasteiger partial charge is 0.476 e. The van der Waals surface area contributed by atoms with Crippen LogP contribution in [-0.4, -0.2) is 32.4 Å². The Bertz CT molecular complexity index is 958. The summed E-state index contributed by atoms with van der Waals surface area (Å²) in [6.45, 7) is 0. The summed E-state index contributed by atoms with van der Waals surface area (Å²) in [6.07, 6.45) is -4.04. The molecule has 0 unspecified atom stereocenters. The van der Waals surface area contributed by atoms with Crippen LogP contribution < -0.4 is 4.74 Å². The van der Waals surface area contributed by atoms with Crippen molar-refractivity contribution in [1.82, 2.24) is 15.0 Å². The summed E-state index contributed by atoms with van der Waals surface area (Å²) in [5, 5.41) is 15.7. The summed E-state index contributed by atoms with van der Waals surface area (Å²) < 4.78 is 43.6. The summed E-state index contributed by atoms with van der Waals surface area (Å²) >= 11 is 6.13. The van der Waals surface area contributed by atoms with Gasteiger partial charge < -0.3 is 9.84 Å². The molecule has 0 spiro atoms. The largest absolute Gasteiger partial charge is 0.573 e. The Kier molecular flexibility index (Phi) is 4.56. The van der Waals surface area contributed by atoms with E-state index in [4.69, 9.17) is 16.7 Å². The van der Waals surface area contributed by atoms with Gasteiger partial charge in [0, 0.05) is 5.56 Å². The van der Waals surface area contributed by atoms with E-state index in [1.54, 1.807) is 30.3 Å². The van der Waals surface area contributed by atoms with Crippen molar-refractivity contribution >= 4 is 17.6 Å². The van der Waals surface area contributed by atoms with Crippen molar-refractivity contribution in [2.75, 3.05) is 0 Å². The van der Waals surface area contributed by atoms with Gasteiger partial charge in [0.15, 0.2) is 11.4 Å². The number of aromatic carboxylic acids is 1. The van der Waals surface area contributed by atoms with Crippen molar-refractivity contribution in [2.45, 2.75) is 6.36 Å². The maximum atomic E-state index is 12.9. The molecule has 134 valence electrons. The average Bonchev–Trinajstić information content (AvgIpc) is 3.06. The molecule has 0 aliphatic carbocycles. The molecule has 0 aliphatic heterocycles. The van der Waals surface area contributed by atoms with Gasteiger partial charge in [0.25, 0.3) is 0 Å². The number of carboxylic acid groups (broad SMARTS) is 1. The summed E-state index contributed by atoms with van der Waals surface area (Å²) in [5.74, 6) is -2.02. The zero-order valence-corrected chi connectivity index (χ0v) is 13.5. The summed E-state index contributed by atoms with van der Waals surface area (Å²) in [6, 6.07) is 10.9. The first-order chi connectivity index (χ1) is 12.3. The van der Waals surface area contributed by atoms with E-state index in [0.717, 1.165) is 10.9 Å². The van der Waals surface area contributed by atoms with E-state index in [0.29, 0.717) is 5.56 Å². The predicted molar refractivity (Wildman–Crippen MR) is 85.4 cm³/mol. The summed E-state index contributed by atoms with van der Waals surface area (Å²) in [4.78, 5) is 11.2. The van der Waals surface area contributed by atoms with Crippen molar-refractivity contribution in [3.05, 3.63) is 59.4 Å². The number of halogens is 4. The third-order valence-electron chi connectivity index (χ3n) is 3.38. The minimum absolute atomic E-state index is 0.0914. The second-order valence-corrected chi connectivity index (χ2v) is 5.40. The number of alkyl halides is 3. The zero-order valence-electron chi connectivity index (χ0n) is 12.7. The predicted octanol–water partition coefficient (Wildman–Crippen LogP) is 4.18. The Labute approximate surface area is 149 Å². The van der Waals surface area contributed by atoms with Gasteiger partial charge in [-0.25, -0.2) is 9.48 Å². The maximum absolute atomic E-state index is 12.9. The standard InChI is InChI=1S/C16H9ClF3N3O3/c17-13-11(23-12(15(24)25)8-21-22-23)7-6-10(9-4-2-1-3-5-9)14(13)26-16(18,19)20/h1-8H,(H,24,25). The molecule has 3 aromatic rings. The third-order valence-corrected chi connectivity index (χ3v) is 3.74. The lowest BCUT2D eigenvalue weighted by Gasteiger charge is -2.17. The minimum atomic E-state index is -5.00. The molecule has 1 aromatic heterocycles. The van der Waals surface area contributed by atoms with Crippen molar-refractivity contribution < 1.29 is 27.8 Å². The fourth-order valence-corrected chi connectivity index (χ4v) is 2.61. The molecular weight excluding hydrogens is 375 g/mol. The van der Waals surface area contributed by atoms with Crippen molar-refractivity contribution in [3.8, 4) is 22.6 Å². The van der Waals surface area contributed by atoms with E-state index in [1.807, 2.05) is 0 Å². The molecule has 6 nitrogen and oxygen atoms in total. The Morgan fingerprint density at radius 1 is 1.15 bits per heavy atom. The molecule has 1 heterocycles. The maximum Gasteiger partial charge on any atom is 0.573 e. The van der Waals surface area contributed by atoms with E-state index < -0.39 is 23.1 Å². The van der Waals surface area contributed by atoms with Crippen LogP contribution >= 0.6 is 11.6 Å². The highest BCUT2D eigenvalue weighted by Gasteiger charge is 2.34. The number of hydrogen-bond acceptors (Lipinski definition) is 4. The molecule has 3 rings (SSSR count). The Hall–Kier alpha value is -3.07. The van der Waals surface area contributed by atoms with Crippen LogP contribution in [-0.2, 0) is 0 Å².